The minimum Gasteiger partial charge on any atom is -0.377 e. The Balaban J connectivity index is 1.27. The number of fused-ring (bicyclic) bond motifs is 1. The van der Waals surface area contributed by atoms with Crippen LogP contribution in [0.15, 0.2) is 48.8 Å². The van der Waals surface area contributed by atoms with Gasteiger partial charge in [0.1, 0.15) is 0 Å². The third-order valence-corrected chi connectivity index (χ3v) is 5.68. The van der Waals surface area contributed by atoms with Gasteiger partial charge in [-0.25, -0.2) is 0 Å². The monoisotopic (exact) mass is 366 g/mol. The number of hydrogen-bond acceptors (Lipinski definition) is 4. The van der Waals surface area contributed by atoms with Crippen molar-refractivity contribution in [1.82, 2.24) is 9.88 Å². The van der Waals surface area contributed by atoms with Crippen LogP contribution in [0.25, 0.3) is 0 Å². The molecule has 1 amide bonds. The van der Waals surface area contributed by atoms with Gasteiger partial charge in [-0.3, -0.25) is 9.78 Å². The maximum absolute atomic E-state index is 12.8. The second-order valence-electron chi connectivity index (χ2n) is 7.57. The fourth-order valence-corrected chi connectivity index (χ4v) is 4.04. The maximum atomic E-state index is 12.8. The van der Waals surface area contributed by atoms with Crippen molar-refractivity contribution in [2.45, 2.75) is 26.1 Å². The second kappa shape index (κ2) is 8.19. The smallest absolute Gasteiger partial charge is 0.253 e. The summed E-state index contributed by atoms with van der Waals surface area (Å²) in [7, 11) is 0. The molecule has 5 nitrogen and oxygen atoms in total. The van der Waals surface area contributed by atoms with Gasteiger partial charge in [0, 0.05) is 43.6 Å². The molecular weight excluding hydrogens is 340 g/mol. The van der Waals surface area contributed by atoms with E-state index in [1.807, 2.05) is 48.2 Å². The highest BCUT2D eigenvalue weighted by Gasteiger charge is 2.44. The highest BCUT2D eigenvalue weighted by Crippen LogP contribution is 2.36. The van der Waals surface area contributed by atoms with Crippen LogP contribution in [0.4, 0.5) is 0 Å². The summed E-state index contributed by atoms with van der Waals surface area (Å²) >= 11 is 0. The summed E-state index contributed by atoms with van der Waals surface area (Å²) in [6.07, 6.45) is 4.71. The lowest BCUT2D eigenvalue weighted by molar-refractivity contribution is 0.0648. The van der Waals surface area contributed by atoms with Gasteiger partial charge in [-0.2, -0.15) is 0 Å². The zero-order valence-corrected chi connectivity index (χ0v) is 15.7. The van der Waals surface area contributed by atoms with E-state index in [9.17, 15) is 4.79 Å². The molecule has 0 spiro atoms. The first kappa shape index (κ1) is 18.1. The molecule has 0 unspecified atom stereocenters. The highest BCUT2D eigenvalue weighted by molar-refractivity contribution is 5.94. The molecule has 0 saturated carbocycles. The molecule has 3 atom stereocenters. The van der Waals surface area contributed by atoms with Gasteiger partial charge in [0.2, 0.25) is 0 Å². The number of pyridine rings is 1. The van der Waals surface area contributed by atoms with Crippen molar-refractivity contribution in [3.05, 3.63) is 65.5 Å². The molecule has 2 saturated heterocycles. The van der Waals surface area contributed by atoms with Crippen LogP contribution in [-0.4, -0.2) is 48.2 Å². The number of hydrogen-bond donors (Lipinski definition) is 0. The molecule has 2 aromatic rings. The summed E-state index contributed by atoms with van der Waals surface area (Å²) in [5.74, 6) is 0.993. The molecule has 1 aromatic carbocycles. The maximum Gasteiger partial charge on any atom is 0.253 e. The summed E-state index contributed by atoms with van der Waals surface area (Å²) in [5.41, 5.74) is 3.07. The molecule has 2 aliphatic rings. The molecule has 0 aliphatic carbocycles. The number of rotatable bonds is 6. The van der Waals surface area contributed by atoms with E-state index in [0.717, 1.165) is 30.7 Å². The number of ether oxygens (including phenoxy) is 2. The van der Waals surface area contributed by atoms with E-state index in [1.54, 1.807) is 12.4 Å². The number of carbonyl (C=O) groups is 1. The quantitative estimate of drug-likeness (QED) is 0.737. The number of aryl methyl sites for hydroxylation is 1. The average molecular weight is 366 g/mol. The van der Waals surface area contributed by atoms with Gasteiger partial charge in [-0.05, 0) is 49.1 Å². The van der Waals surface area contributed by atoms with Crippen LogP contribution in [-0.2, 0) is 16.1 Å². The number of nitrogens with zero attached hydrogens (tertiary/aromatic N) is 2. The Morgan fingerprint density at radius 3 is 2.74 bits per heavy atom. The molecule has 4 rings (SSSR count). The summed E-state index contributed by atoms with van der Waals surface area (Å²) < 4.78 is 11.8. The fraction of sp³-hybridized carbons (Fsp3) is 0.455. The number of aromatic nitrogens is 1. The highest BCUT2D eigenvalue weighted by atomic mass is 16.5. The fourth-order valence-electron chi connectivity index (χ4n) is 4.04. The molecule has 142 valence electrons. The Morgan fingerprint density at radius 2 is 1.96 bits per heavy atom. The van der Waals surface area contributed by atoms with E-state index in [0.29, 0.717) is 31.6 Å². The van der Waals surface area contributed by atoms with Gasteiger partial charge in [0.15, 0.2) is 0 Å². The molecular formula is C22H26N2O3. The first-order valence-electron chi connectivity index (χ1n) is 9.65. The first-order valence-corrected chi connectivity index (χ1v) is 9.65. The van der Waals surface area contributed by atoms with Crippen molar-refractivity contribution in [2.75, 3.05) is 26.3 Å². The van der Waals surface area contributed by atoms with E-state index < -0.39 is 0 Å². The van der Waals surface area contributed by atoms with Crippen LogP contribution in [0.3, 0.4) is 0 Å². The molecule has 1 aromatic heterocycles. The van der Waals surface area contributed by atoms with Crippen molar-refractivity contribution in [2.24, 2.45) is 11.8 Å². The Bertz CT molecular complexity index is 763. The number of benzene rings is 1. The van der Waals surface area contributed by atoms with Crippen molar-refractivity contribution < 1.29 is 14.3 Å². The molecule has 2 aliphatic heterocycles. The Hall–Kier alpha value is -2.24. The average Bonchev–Trinajstić information content (AvgIpc) is 3.27. The van der Waals surface area contributed by atoms with Crippen molar-refractivity contribution in [1.29, 1.82) is 0 Å². The van der Waals surface area contributed by atoms with E-state index in [2.05, 4.69) is 4.98 Å². The summed E-state index contributed by atoms with van der Waals surface area (Å²) in [4.78, 5) is 18.7. The van der Waals surface area contributed by atoms with Crippen LogP contribution >= 0.6 is 0 Å². The summed E-state index contributed by atoms with van der Waals surface area (Å²) in [6, 6.07) is 11.8. The van der Waals surface area contributed by atoms with Crippen LogP contribution in [0, 0.1) is 18.8 Å². The molecule has 0 radical (unpaired) electrons. The van der Waals surface area contributed by atoms with Gasteiger partial charge >= 0.3 is 0 Å². The minimum absolute atomic E-state index is 0.112. The van der Waals surface area contributed by atoms with Crippen molar-refractivity contribution >= 4 is 5.91 Å². The van der Waals surface area contributed by atoms with Crippen LogP contribution in [0.1, 0.15) is 27.9 Å². The molecule has 27 heavy (non-hydrogen) atoms. The molecule has 0 bridgehead atoms. The van der Waals surface area contributed by atoms with Gasteiger partial charge < -0.3 is 14.4 Å². The number of amides is 1. The third kappa shape index (κ3) is 4.20. The third-order valence-electron chi connectivity index (χ3n) is 5.68. The SMILES string of the molecule is Cc1ccc(C(=O)N2C[C@H]3[C@@H](CCOCc4ccncc4)CO[C@H]3C2)cc1. The molecule has 2 fully saturated rings. The Morgan fingerprint density at radius 1 is 1.19 bits per heavy atom. The zero-order valence-electron chi connectivity index (χ0n) is 15.7. The van der Waals surface area contributed by atoms with E-state index >= 15 is 0 Å². The summed E-state index contributed by atoms with van der Waals surface area (Å²) in [6.45, 7) is 5.62. The largest absolute Gasteiger partial charge is 0.377 e. The van der Waals surface area contributed by atoms with Crippen molar-refractivity contribution in [3.63, 3.8) is 0 Å². The topological polar surface area (TPSA) is 51.7 Å². The van der Waals surface area contributed by atoms with Gasteiger partial charge in [-0.15, -0.1) is 0 Å². The minimum atomic E-state index is 0.112. The lowest BCUT2D eigenvalue weighted by Crippen LogP contribution is -2.31. The predicted molar refractivity (Wildman–Crippen MR) is 102 cm³/mol. The predicted octanol–water partition coefficient (Wildman–Crippen LogP) is 3.08. The zero-order chi connectivity index (χ0) is 18.6. The van der Waals surface area contributed by atoms with E-state index in [1.165, 1.54) is 5.56 Å². The van der Waals surface area contributed by atoms with Crippen LogP contribution < -0.4 is 0 Å². The van der Waals surface area contributed by atoms with Gasteiger partial charge in [0.25, 0.3) is 5.91 Å². The summed E-state index contributed by atoms with van der Waals surface area (Å²) in [5, 5.41) is 0. The normalized spacial score (nSPS) is 24.2. The number of carbonyl (C=O) groups excluding carboxylic acids is 1. The molecule has 3 heterocycles. The van der Waals surface area contributed by atoms with Gasteiger partial charge in [-0.1, -0.05) is 17.7 Å². The lowest BCUT2D eigenvalue weighted by atomic mass is 9.91. The second-order valence-corrected chi connectivity index (χ2v) is 7.57. The van der Waals surface area contributed by atoms with E-state index in [4.69, 9.17) is 9.47 Å². The van der Waals surface area contributed by atoms with E-state index in [-0.39, 0.29) is 12.0 Å². The first-order chi connectivity index (χ1) is 13.2. The Kier molecular flexibility index (Phi) is 5.50. The van der Waals surface area contributed by atoms with Crippen molar-refractivity contribution in [3.8, 4) is 0 Å². The van der Waals surface area contributed by atoms with Crippen LogP contribution in [0.2, 0.25) is 0 Å². The number of likely N-dealkylation sites (tertiary alicyclic amines) is 1. The van der Waals surface area contributed by atoms with Gasteiger partial charge in [0.05, 0.1) is 19.3 Å². The van der Waals surface area contributed by atoms with Crippen LogP contribution in [0.5, 0.6) is 0 Å². The Labute approximate surface area is 160 Å². The molecule has 0 N–H and O–H groups in total. The lowest BCUT2D eigenvalue weighted by Gasteiger charge is -2.20. The standard InChI is InChI=1S/C22H26N2O3/c1-16-2-4-18(5-3-16)22(25)24-12-20-19(15-27-21(20)13-24)8-11-26-14-17-6-9-23-10-7-17/h2-7,9-10,19-21H,8,11-15H2,1H3/t19-,20-,21-/m0/s1. The molecule has 5 heteroatoms.